The van der Waals surface area contributed by atoms with E-state index in [2.05, 4.69) is 20.9 Å². The molecule has 0 aliphatic rings. The molecule has 0 spiro atoms. The largest absolute Gasteiger partial charge is 0.481 e. The number of hydrogen-bond acceptors (Lipinski definition) is 3. The zero-order valence-corrected chi connectivity index (χ0v) is 8.32. The molecule has 5 heteroatoms. The van der Waals surface area contributed by atoms with E-state index in [1.807, 2.05) is 0 Å². The number of carbonyl (C=O) groups is 1. The summed E-state index contributed by atoms with van der Waals surface area (Å²) in [7, 11) is 0. The van der Waals surface area contributed by atoms with Gasteiger partial charge >= 0.3 is 5.97 Å². The number of aliphatic carboxylic acids is 1. The van der Waals surface area contributed by atoms with Gasteiger partial charge < -0.3 is 9.84 Å². The van der Waals surface area contributed by atoms with Gasteiger partial charge in [0, 0.05) is 6.20 Å². The highest BCUT2D eigenvalue weighted by molar-refractivity contribution is 9.09. The minimum Gasteiger partial charge on any atom is -0.481 e. The molecule has 0 aromatic carbocycles. The molecule has 0 unspecified atom stereocenters. The fraction of sp³-hybridized carbons (Fsp3) is 0.250. The standard InChI is InChI=1S/C8H8BrNO3/c9-5-13-7-2-1-3-10-6(7)4-8(11)12/h1-3H,4-5H2,(H,11,12). The van der Waals surface area contributed by atoms with Crippen molar-refractivity contribution in [1.29, 1.82) is 0 Å². The van der Waals surface area contributed by atoms with Crippen molar-refractivity contribution in [3.8, 4) is 5.75 Å². The summed E-state index contributed by atoms with van der Waals surface area (Å²) in [5, 5.41) is 8.55. The molecule has 0 saturated heterocycles. The van der Waals surface area contributed by atoms with E-state index in [1.54, 1.807) is 18.3 Å². The first-order valence-corrected chi connectivity index (χ1v) is 4.70. The van der Waals surface area contributed by atoms with Crippen LogP contribution in [0.5, 0.6) is 5.75 Å². The van der Waals surface area contributed by atoms with Gasteiger partial charge in [-0.15, -0.1) is 0 Å². The van der Waals surface area contributed by atoms with Gasteiger partial charge in [0.05, 0.1) is 12.1 Å². The monoisotopic (exact) mass is 245 g/mol. The second-order valence-electron chi connectivity index (χ2n) is 2.27. The van der Waals surface area contributed by atoms with Crippen molar-refractivity contribution in [3.63, 3.8) is 0 Å². The Kier molecular flexibility index (Phi) is 3.70. The molecule has 0 aliphatic heterocycles. The van der Waals surface area contributed by atoms with E-state index < -0.39 is 5.97 Å². The highest BCUT2D eigenvalue weighted by atomic mass is 79.9. The summed E-state index contributed by atoms with van der Waals surface area (Å²) < 4.78 is 5.13. The van der Waals surface area contributed by atoms with Crippen LogP contribution < -0.4 is 4.74 Å². The molecule has 1 heterocycles. The highest BCUT2D eigenvalue weighted by Gasteiger charge is 2.07. The molecule has 1 N–H and O–H groups in total. The molecule has 0 aliphatic carbocycles. The summed E-state index contributed by atoms with van der Waals surface area (Å²) in [6.45, 7) is 0. The molecule has 0 amide bonds. The molecule has 0 saturated carbocycles. The lowest BCUT2D eigenvalue weighted by Crippen LogP contribution is -2.04. The summed E-state index contributed by atoms with van der Waals surface area (Å²) in [5.74, 6) is -0.417. The predicted octanol–water partition coefficient (Wildman–Crippen LogP) is 1.44. The van der Waals surface area contributed by atoms with Crippen LogP contribution in [-0.2, 0) is 11.2 Å². The van der Waals surface area contributed by atoms with Gasteiger partial charge in [-0.1, -0.05) is 0 Å². The smallest absolute Gasteiger partial charge is 0.309 e. The molecule has 1 aromatic rings. The quantitative estimate of drug-likeness (QED) is 0.816. The van der Waals surface area contributed by atoms with Crippen molar-refractivity contribution in [3.05, 3.63) is 24.0 Å². The first kappa shape index (κ1) is 9.98. The number of carboxylic acid groups (broad SMARTS) is 1. The van der Waals surface area contributed by atoms with Crippen molar-refractivity contribution in [2.75, 3.05) is 5.52 Å². The number of halogens is 1. The zero-order chi connectivity index (χ0) is 9.68. The van der Waals surface area contributed by atoms with Crippen molar-refractivity contribution < 1.29 is 14.6 Å². The van der Waals surface area contributed by atoms with Crippen molar-refractivity contribution in [2.45, 2.75) is 6.42 Å². The number of rotatable bonds is 4. The van der Waals surface area contributed by atoms with Crippen LogP contribution in [0, 0.1) is 0 Å². The van der Waals surface area contributed by atoms with Crippen LogP contribution in [-0.4, -0.2) is 21.6 Å². The second-order valence-corrected chi connectivity index (χ2v) is 2.73. The lowest BCUT2D eigenvalue weighted by Gasteiger charge is -2.05. The molecule has 4 nitrogen and oxygen atoms in total. The van der Waals surface area contributed by atoms with Gasteiger partial charge in [-0.25, -0.2) is 0 Å². The van der Waals surface area contributed by atoms with Crippen LogP contribution >= 0.6 is 15.9 Å². The fourth-order valence-electron chi connectivity index (χ4n) is 0.889. The lowest BCUT2D eigenvalue weighted by atomic mass is 10.2. The van der Waals surface area contributed by atoms with Gasteiger partial charge in [0.2, 0.25) is 0 Å². The van der Waals surface area contributed by atoms with E-state index in [0.29, 0.717) is 17.0 Å². The summed E-state index contributed by atoms with van der Waals surface area (Å²) in [5.41, 5.74) is 0.764. The third-order valence-electron chi connectivity index (χ3n) is 1.38. The SMILES string of the molecule is O=C(O)Cc1ncccc1OCBr. The van der Waals surface area contributed by atoms with E-state index in [0.717, 1.165) is 0 Å². The maximum atomic E-state index is 10.4. The molecule has 0 fully saturated rings. The number of aromatic nitrogens is 1. The Morgan fingerprint density at radius 2 is 2.46 bits per heavy atom. The van der Waals surface area contributed by atoms with Crippen molar-refractivity contribution in [1.82, 2.24) is 4.98 Å². The molecule has 0 radical (unpaired) electrons. The van der Waals surface area contributed by atoms with E-state index in [4.69, 9.17) is 9.84 Å². The Labute approximate surface area is 83.7 Å². The van der Waals surface area contributed by atoms with Crippen LogP contribution in [0.1, 0.15) is 5.69 Å². The van der Waals surface area contributed by atoms with Crippen LogP contribution in [0.4, 0.5) is 0 Å². The Morgan fingerprint density at radius 3 is 3.08 bits per heavy atom. The van der Waals surface area contributed by atoms with Crippen molar-refractivity contribution in [2.24, 2.45) is 0 Å². The summed E-state index contributed by atoms with van der Waals surface area (Å²) in [6, 6.07) is 3.38. The molecule has 13 heavy (non-hydrogen) atoms. The first-order valence-electron chi connectivity index (χ1n) is 3.58. The van der Waals surface area contributed by atoms with Gasteiger partial charge in [0.1, 0.15) is 11.3 Å². The fourth-order valence-corrected chi connectivity index (χ4v) is 1.14. The first-order chi connectivity index (χ1) is 6.24. The Hall–Kier alpha value is -1.10. The average molecular weight is 246 g/mol. The van der Waals surface area contributed by atoms with Crippen LogP contribution in [0.25, 0.3) is 0 Å². The number of ether oxygens (including phenoxy) is 1. The van der Waals surface area contributed by atoms with Gasteiger partial charge in [0.25, 0.3) is 0 Å². The Bertz CT molecular complexity index is 303. The third kappa shape index (κ3) is 3.02. The number of pyridine rings is 1. The zero-order valence-electron chi connectivity index (χ0n) is 6.74. The van der Waals surface area contributed by atoms with Crippen molar-refractivity contribution >= 4 is 21.9 Å². The van der Waals surface area contributed by atoms with Crippen LogP contribution in [0.15, 0.2) is 18.3 Å². The average Bonchev–Trinajstić information content (AvgIpc) is 2.08. The van der Waals surface area contributed by atoms with E-state index in [1.165, 1.54) is 0 Å². The van der Waals surface area contributed by atoms with Gasteiger partial charge in [-0.05, 0) is 28.1 Å². The van der Waals surface area contributed by atoms with Gasteiger partial charge in [-0.3, -0.25) is 9.78 Å². The second kappa shape index (κ2) is 4.81. The molecular formula is C8H8BrNO3. The van der Waals surface area contributed by atoms with Gasteiger partial charge in [-0.2, -0.15) is 0 Å². The molecule has 70 valence electrons. The minimum absolute atomic E-state index is 0.122. The van der Waals surface area contributed by atoms with Crippen LogP contribution in [0.2, 0.25) is 0 Å². The Balaban J connectivity index is 2.84. The van der Waals surface area contributed by atoms with E-state index in [-0.39, 0.29) is 6.42 Å². The normalized spacial score (nSPS) is 9.62. The third-order valence-corrected chi connectivity index (χ3v) is 1.61. The molecule has 0 bridgehead atoms. The van der Waals surface area contributed by atoms with E-state index in [9.17, 15) is 4.79 Å². The molecule has 1 rings (SSSR count). The summed E-state index contributed by atoms with van der Waals surface area (Å²) in [4.78, 5) is 14.3. The number of hydrogen-bond donors (Lipinski definition) is 1. The lowest BCUT2D eigenvalue weighted by molar-refractivity contribution is -0.136. The van der Waals surface area contributed by atoms with Crippen LogP contribution in [0.3, 0.4) is 0 Å². The maximum Gasteiger partial charge on any atom is 0.309 e. The molecule has 1 aromatic heterocycles. The molecule has 0 atom stereocenters. The minimum atomic E-state index is -0.918. The number of nitrogens with zero attached hydrogens (tertiary/aromatic N) is 1. The highest BCUT2D eigenvalue weighted by Crippen LogP contribution is 2.16. The molecular weight excluding hydrogens is 238 g/mol. The summed E-state index contributed by atoms with van der Waals surface area (Å²) in [6.07, 6.45) is 1.42. The van der Waals surface area contributed by atoms with Gasteiger partial charge in [0.15, 0.2) is 0 Å². The number of carboxylic acids is 1. The Morgan fingerprint density at radius 1 is 1.69 bits per heavy atom. The maximum absolute atomic E-state index is 10.4. The number of alkyl halides is 1. The topological polar surface area (TPSA) is 59.4 Å². The summed E-state index contributed by atoms with van der Waals surface area (Å²) >= 11 is 3.09. The van der Waals surface area contributed by atoms with E-state index >= 15 is 0 Å². The predicted molar refractivity (Wildman–Crippen MR) is 50.0 cm³/mol.